The average molecular weight is 413 g/mol. The van der Waals surface area contributed by atoms with Crippen LogP contribution in [0.2, 0.25) is 0 Å². The fourth-order valence-corrected chi connectivity index (χ4v) is 4.51. The first-order chi connectivity index (χ1) is 15.1. The zero-order valence-electron chi connectivity index (χ0n) is 17.7. The van der Waals surface area contributed by atoms with Crippen molar-refractivity contribution in [2.24, 2.45) is 11.1 Å². The van der Waals surface area contributed by atoms with Gasteiger partial charge in [-0.2, -0.15) is 0 Å². The van der Waals surface area contributed by atoms with E-state index < -0.39 is 5.41 Å². The Bertz CT molecular complexity index is 1050. The Morgan fingerprint density at radius 2 is 1.52 bits per heavy atom. The zero-order valence-corrected chi connectivity index (χ0v) is 17.7. The van der Waals surface area contributed by atoms with Crippen molar-refractivity contribution in [1.82, 2.24) is 4.90 Å². The van der Waals surface area contributed by atoms with Crippen LogP contribution in [-0.4, -0.2) is 29.8 Å². The summed E-state index contributed by atoms with van der Waals surface area (Å²) in [7, 11) is 0. The van der Waals surface area contributed by atoms with Gasteiger partial charge < -0.3 is 10.6 Å². The normalized spacial score (nSPS) is 18.1. The summed E-state index contributed by atoms with van der Waals surface area (Å²) in [6.45, 7) is 0.961. The molecule has 3 aromatic carbocycles. The van der Waals surface area contributed by atoms with Crippen LogP contribution < -0.4 is 5.73 Å². The van der Waals surface area contributed by atoms with Crippen molar-refractivity contribution >= 4 is 11.8 Å². The molecule has 4 heteroatoms. The summed E-state index contributed by atoms with van der Waals surface area (Å²) in [5.41, 5.74) is 9.65. The van der Waals surface area contributed by atoms with Gasteiger partial charge in [0.25, 0.3) is 0 Å². The first-order valence-electron chi connectivity index (χ1n) is 10.8. The first kappa shape index (κ1) is 20.9. The molecule has 0 bridgehead atoms. The average Bonchev–Trinajstić information content (AvgIpc) is 3.25. The molecule has 158 valence electrons. The van der Waals surface area contributed by atoms with Crippen molar-refractivity contribution in [3.05, 3.63) is 96.1 Å². The summed E-state index contributed by atoms with van der Waals surface area (Å²) in [6.07, 6.45) is 2.29. The molecule has 0 radical (unpaired) electrons. The lowest BCUT2D eigenvalue weighted by atomic mass is 9.78. The minimum absolute atomic E-state index is 0.0864. The lowest BCUT2D eigenvalue weighted by Gasteiger charge is -2.27. The van der Waals surface area contributed by atoms with Gasteiger partial charge in [0, 0.05) is 19.5 Å². The number of likely N-dealkylation sites (tertiary alicyclic amines) is 1. The highest BCUT2D eigenvalue weighted by molar-refractivity contribution is 5.85. The van der Waals surface area contributed by atoms with Crippen molar-refractivity contribution in [3.63, 3.8) is 0 Å². The van der Waals surface area contributed by atoms with Crippen molar-refractivity contribution in [2.45, 2.75) is 25.7 Å². The van der Waals surface area contributed by atoms with Crippen LogP contribution in [-0.2, 0) is 22.4 Å². The highest BCUT2D eigenvalue weighted by Gasteiger charge is 2.44. The molecule has 0 spiro atoms. The van der Waals surface area contributed by atoms with Gasteiger partial charge in [-0.15, -0.1) is 0 Å². The predicted octanol–water partition coefficient (Wildman–Crippen LogP) is 4.23. The lowest BCUT2D eigenvalue weighted by Crippen LogP contribution is -2.42. The van der Waals surface area contributed by atoms with Crippen LogP contribution in [0.15, 0.2) is 84.9 Å². The van der Waals surface area contributed by atoms with E-state index in [0.717, 1.165) is 22.3 Å². The minimum atomic E-state index is -0.729. The number of primary amides is 1. The van der Waals surface area contributed by atoms with Crippen LogP contribution in [0, 0.1) is 5.41 Å². The molecular weight excluding hydrogens is 384 g/mol. The molecule has 4 nitrogen and oxygen atoms in total. The van der Waals surface area contributed by atoms with E-state index in [1.54, 1.807) is 0 Å². The van der Waals surface area contributed by atoms with Gasteiger partial charge in [0.1, 0.15) is 0 Å². The lowest BCUT2D eigenvalue weighted by molar-refractivity contribution is -0.132. The predicted molar refractivity (Wildman–Crippen MR) is 123 cm³/mol. The summed E-state index contributed by atoms with van der Waals surface area (Å²) >= 11 is 0. The van der Waals surface area contributed by atoms with Gasteiger partial charge in [-0.05, 0) is 41.5 Å². The van der Waals surface area contributed by atoms with E-state index in [1.807, 2.05) is 65.6 Å². The topological polar surface area (TPSA) is 63.4 Å². The smallest absolute Gasteiger partial charge is 0.225 e. The number of nitrogens with zero attached hydrogens (tertiary/aromatic N) is 1. The van der Waals surface area contributed by atoms with Gasteiger partial charge in [-0.1, -0.05) is 84.9 Å². The molecule has 1 fully saturated rings. The Morgan fingerprint density at radius 3 is 2.23 bits per heavy atom. The van der Waals surface area contributed by atoms with E-state index in [2.05, 4.69) is 24.3 Å². The quantitative estimate of drug-likeness (QED) is 0.631. The zero-order chi connectivity index (χ0) is 21.7. The number of aryl methyl sites for hydroxylation is 1. The van der Waals surface area contributed by atoms with Gasteiger partial charge in [0.2, 0.25) is 11.8 Å². The molecule has 1 unspecified atom stereocenters. The Hall–Kier alpha value is -3.40. The van der Waals surface area contributed by atoms with E-state index in [0.29, 0.717) is 38.8 Å². The Balaban J connectivity index is 1.50. The second kappa shape index (κ2) is 9.17. The summed E-state index contributed by atoms with van der Waals surface area (Å²) in [5.74, 6) is -0.239. The van der Waals surface area contributed by atoms with Gasteiger partial charge in [-0.25, -0.2) is 0 Å². The number of carbonyl (C=O) groups is 2. The number of rotatable bonds is 7. The van der Waals surface area contributed by atoms with E-state index >= 15 is 0 Å². The molecule has 1 heterocycles. The Kier molecular flexibility index (Phi) is 6.17. The largest absolute Gasteiger partial charge is 0.369 e. The molecule has 1 saturated heterocycles. The van der Waals surface area contributed by atoms with Gasteiger partial charge >= 0.3 is 0 Å². The molecule has 0 saturated carbocycles. The van der Waals surface area contributed by atoms with Crippen LogP contribution in [0.5, 0.6) is 0 Å². The highest BCUT2D eigenvalue weighted by atomic mass is 16.2. The fourth-order valence-electron chi connectivity index (χ4n) is 4.51. The summed E-state index contributed by atoms with van der Waals surface area (Å²) in [6, 6.07) is 28.3. The van der Waals surface area contributed by atoms with Gasteiger partial charge in [-0.3, -0.25) is 9.59 Å². The molecule has 0 aliphatic carbocycles. The molecule has 2 amide bonds. The molecule has 3 aromatic rings. The number of benzene rings is 3. The van der Waals surface area contributed by atoms with Crippen LogP contribution >= 0.6 is 0 Å². The van der Waals surface area contributed by atoms with Gasteiger partial charge in [0.05, 0.1) is 5.41 Å². The van der Waals surface area contributed by atoms with E-state index in [1.165, 1.54) is 0 Å². The number of nitrogens with two attached hydrogens (primary N) is 1. The molecule has 1 aliphatic rings. The summed E-state index contributed by atoms with van der Waals surface area (Å²) in [4.78, 5) is 27.3. The maximum atomic E-state index is 12.8. The second-order valence-electron chi connectivity index (χ2n) is 8.40. The van der Waals surface area contributed by atoms with Crippen molar-refractivity contribution < 1.29 is 9.59 Å². The van der Waals surface area contributed by atoms with E-state index in [4.69, 9.17) is 5.73 Å². The molecule has 0 aromatic heterocycles. The number of hydrogen-bond acceptors (Lipinski definition) is 2. The van der Waals surface area contributed by atoms with Crippen molar-refractivity contribution in [1.29, 1.82) is 0 Å². The van der Waals surface area contributed by atoms with Crippen molar-refractivity contribution in [3.8, 4) is 11.1 Å². The van der Waals surface area contributed by atoms with Crippen LogP contribution in [0.25, 0.3) is 11.1 Å². The highest BCUT2D eigenvalue weighted by Crippen LogP contribution is 2.37. The molecule has 2 N–H and O–H groups in total. The molecule has 1 atom stereocenters. The minimum Gasteiger partial charge on any atom is -0.369 e. The monoisotopic (exact) mass is 412 g/mol. The summed E-state index contributed by atoms with van der Waals surface area (Å²) < 4.78 is 0. The molecule has 31 heavy (non-hydrogen) atoms. The Labute approximate surface area is 183 Å². The molecule has 4 rings (SSSR count). The number of amides is 2. The SMILES string of the molecule is NC(=O)C1(Cc2ccccc2-c2ccccc2)CCN(C(=O)CCc2ccccc2)C1. The second-order valence-corrected chi connectivity index (χ2v) is 8.40. The summed E-state index contributed by atoms with van der Waals surface area (Å²) in [5, 5.41) is 0. The number of hydrogen-bond donors (Lipinski definition) is 1. The van der Waals surface area contributed by atoms with Gasteiger partial charge in [0.15, 0.2) is 0 Å². The maximum Gasteiger partial charge on any atom is 0.225 e. The Morgan fingerprint density at radius 1 is 0.871 bits per heavy atom. The van der Waals surface area contributed by atoms with Crippen LogP contribution in [0.3, 0.4) is 0 Å². The third kappa shape index (κ3) is 4.69. The molecule has 1 aliphatic heterocycles. The maximum absolute atomic E-state index is 12.8. The van der Waals surface area contributed by atoms with E-state index in [9.17, 15) is 9.59 Å². The fraction of sp³-hybridized carbons (Fsp3) is 0.259. The standard InChI is InChI=1S/C27H28N2O2/c28-26(31)27(19-23-13-7-8-14-24(23)22-11-5-2-6-12-22)17-18-29(20-27)25(30)16-15-21-9-3-1-4-10-21/h1-14H,15-20H2,(H2,28,31). The third-order valence-corrected chi connectivity index (χ3v) is 6.33. The van der Waals surface area contributed by atoms with Crippen LogP contribution in [0.1, 0.15) is 24.0 Å². The third-order valence-electron chi connectivity index (χ3n) is 6.33. The molecular formula is C27H28N2O2. The number of carbonyl (C=O) groups excluding carboxylic acids is 2. The first-order valence-corrected chi connectivity index (χ1v) is 10.8. The van der Waals surface area contributed by atoms with Crippen molar-refractivity contribution in [2.75, 3.05) is 13.1 Å². The van der Waals surface area contributed by atoms with E-state index in [-0.39, 0.29) is 11.8 Å². The van der Waals surface area contributed by atoms with Crippen LogP contribution in [0.4, 0.5) is 0 Å².